The molecular formula is C13H17F3N2O. The number of benzene rings is 1. The first-order valence-electron chi connectivity index (χ1n) is 6.29. The molecule has 1 aromatic rings. The maximum atomic E-state index is 13.3. The zero-order valence-corrected chi connectivity index (χ0v) is 10.5. The van der Waals surface area contributed by atoms with Crippen LogP contribution in [-0.2, 0) is 0 Å². The third kappa shape index (κ3) is 3.61. The molecule has 106 valence electrons. The molecule has 1 saturated heterocycles. The van der Waals surface area contributed by atoms with Gasteiger partial charge in [0.1, 0.15) is 11.6 Å². The standard InChI is InChI=1S/C13H17F3N2O/c14-9-1-2-12(19)10(7-9)11(8-13(15)16)18-5-3-17-4-6-18/h1-2,7,11,13,17,19H,3-6,8H2/t11-/m1/s1. The van der Waals surface area contributed by atoms with Crippen molar-refractivity contribution in [2.75, 3.05) is 26.2 Å². The fraction of sp³-hybridized carbons (Fsp3) is 0.538. The van der Waals surface area contributed by atoms with Crippen molar-refractivity contribution < 1.29 is 18.3 Å². The smallest absolute Gasteiger partial charge is 0.240 e. The molecule has 2 N–H and O–H groups in total. The first-order chi connectivity index (χ1) is 9.08. The van der Waals surface area contributed by atoms with Gasteiger partial charge in [-0.2, -0.15) is 0 Å². The molecule has 0 radical (unpaired) electrons. The van der Waals surface area contributed by atoms with Gasteiger partial charge in [-0.05, 0) is 18.2 Å². The molecule has 0 aromatic heterocycles. The summed E-state index contributed by atoms with van der Waals surface area (Å²) in [5.41, 5.74) is 0.238. The minimum absolute atomic E-state index is 0.134. The predicted octanol–water partition coefficient (Wildman–Crippen LogP) is 2.13. The molecule has 0 saturated carbocycles. The van der Waals surface area contributed by atoms with Crippen LogP contribution in [0.4, 0.5) is 13.2 Å². The van der Waals surface area contributed by atoms with Crippen LogP contribution in [0, 0.1) is 5.82 Å². The molecule has 1 heterocycles. The zero-order valence-electron chi connectivity index (χ0n) is 10.5. The monoisotopic (exact) mass is 274 g/mol. The van der Waals surface area contributed by atoms with Gasteiger partial charge in [-0.15, -0.1) is 0 Å². The van der Waals surface area contributed by atoms with Crippen molar-refractivity contribution in [3.05, 3.63) is 29.6 Å². The number of nitrogens with one attached hydrogen (secondary N) is 1. The molecule has 0 unspecified atom stereocenters. The van der Waals surface area contributed by atoms with Gasteiger partial charge >= 0.3 is 0 Å². The summed E-state index contributed by atoms with van der Waals surface area (Å²) in [5.74, 6) is -0.659. The Kier molecular flexibility index (Phi) is 4.66. The van der Waals surface area contributed by atoms with E-state index in [0.29, 0.717) is 26.2 Å². The van der Waals surface area contributed by atoms with Crippen LogP contribution < -0.4 is 5.32 Å². The van der Waals surface area contributed by atoms with E-state index in [0.717, 1.165) is 12.1 Å². The van der Waals surface area contributed by atoms with Crippen LogP contribution in [-0.4, -0.2) is 42.6 Å². The van der Waals surface area contributed by atoms with Crippen molar-refractivity contribution >= 4 is 0 Å². The Balaban J connectivity index is 2.27. The number of piperazine rings is 1. The maximum absolute atomic E-state index is 13.3. The lowest BCUT2D eigenvalue weighted by atomic mass is 10.00. The Bertz CT molecular complexity index is 422. The van der Waals surface area contributed by atoms with E-state index in [4.69, 9.17) is 0 Å². The second-order valence-corrected chi connectivity index (χ2v) is 4.63. The van der Waals surface area contributed by atoms with E-state index in [-0.39, 0.29) is 11.3 Å². The summed E-state index contributed by atoms with van der Waals surface area (Å²) in [7, 11) is 0. The Labute approximate surface area is 110 Å². The minimum atomic E-state index is -2.50. The van der Waals surface area contributed by atoms with Gasteiger partial charge in [0.15, 0.2) is 0 Å². The molecule has 1 aromatic carbocycles. The van der Waals surface area contributed by atoms with Crippen LogP contribution in [0.25, 0.3) is 0 Å². The molecule has 1 atom stereocenters. The number of phenols is 1. The van der Waals surface area contributed by atoms with Gasteiger partial charge < -0.3 is 10.4 Å². The summed E-state index contributed by atoms with van der Waals surface area (Å²) in [5, 5.41) is 12.9. The van der Waals surface area contributed by atoms with Crippen molar-refractivity contribution in [2.24, 2.45) is 0 Å². The van der Waals surface area contributed by atoms with E-state index in [1.54, 1.807) is 0 Å². The molecule has 19 heavy (non-hydrogen) atoms. The Morgan fingerprint density at radius 2 is 1.95 bits per heavy atom. The molecule has 1 aliphatic heterocycles. The second kappa shape index (κ2) is 6.25. The quantitative estimate of drug-likeness (QED) is 0.883. The second-order valence-electron chi connectivity index (χ2n) is 4.63. The summed E-state index contributed by atoms with van der Waals surface area (Å²) in [6.07, 6.45) is -2.90. The summed E-state index contributed by atoms with van der Waals surface area (Å²) in [6, 6.07) is 2.82. The summed E-state index contributed by atoms with van der Waals surface area (Å²) < 4.78 is 38.8. The first kappa shape index (κ1) is 14.1. The van der Waals surface area contributed by atoms with Gasteiger partial charge in [-0.3, -0.25) is 4.90 Å². The number of halogens is 3. The van der Waals surface area contributed by atoms with Gasteiger partial charge in [0, 0.05) is 44.2 Å². The molecule has 2 rings (SSSR count). The highest BCUT2D eigenvalue weighted by atomic mass is 19.3. The molecule has 0 spiro atoms. The van der Waals surface area contributed by atoms with Crippen molar-refractivity contribution in [1.29, 1.82) is 0 Å². The van der Waals surface area contributed by atoms with Crippen LogP contribution in [0.15, 0.2) is 18.2 Å². The molecule has 0 bridgehead atoms. The van der Waals surface area contributed by atoms with Crippen LogP contribution in [0.1, 0.15) is 18.0 Å². The minimum Gasteiger partial charge on any atom is -0.508 e. The Hall–Kier alpha value is -1.27. The number of aromatic hydroxyl groups is 1. The zero-order chi connectivity index (χ0) is 13.8. The summed E-state index contributed by atoms with van der Waals surface area (Å²) in [4.78, 5) is 1.86. The summed E-state index contributed by atoms with van der Waals surface area (Å²) in [6.45, 7) is 2.62. The van der Waals surface area contributed by atoms with Gasteiger partial charge in [0.25, 0.3) is 0 Å². The van der Waals surface area contributed by atoms with Gasteiger partial charge in [0.05, 0.1) is 0 Å². The molecular weight excluding hydrogens is 257 g/mol. The van der Waals surface area contributed by atoms with Crippen LogP contribution in [0.2, 0.25) is 0 Å². The molecule has 3 nitrogen and oxygen atoms in total. The molecule has 6 heteroatoms. The average molecular weight is 274 g/mol. The fourth-order valence-corrected chi connectivity index (χ4v) is 2.43. The SMILES string of the molecule is Oc1ccc(F)cc1[C@@H](CC(F)F)N1CCNCC1. The van der Waals surface area contributed by atoms with E-state index in [2.05, 4.69) is 5.32 Å². The van der Waals surface area contributed by atoms with Crippen LogP contribution in [0.3, 0.4) is 0 Å². The van der Waals surface area contributed by atoms with Crippen LogP contribution >= 0.6 is 0 Å². The topological polar surface area (TPSA) is 35.5 Å². The van der Waals surface area contributed by atoms with Gasteiger partial charge in [0.2, 0.25) is 6.43 Å². The number of alkyl halides is 2. The molecule has 0 amide bonds. The molecule has 1 aliphatic rings. The lowest BCUT2D eigenvalue weighted by molar-refractivity contribution is 0.0728. The van der Waals surface area contributed by atoms with Crippen molar-refractivity contribution in [2.45, 2.75) is 18.9 Å². The Morgan fingerprint density at radius 3 is 2.58 bits per heavy atom. The number of rotatable bonds is 4. The number of phenolic OH excluding ortho intramolecular Hbond substituents is 1. The van der Waals surface area contributed by atoms with Crippen LogP contribution in [0.5, 0.6) is 5.75 Å². The largest absolute Gasteiger partial charge is 0.508 e. The normalized spacial score (nSPS) is 18.7. The molecule has 0 aliphatic carbocycles. The highest BCUT2D eigenvalue weighted by molar-refractivity contribution is 5.35. The van der Waals surface area contributed by atoms with Crippen molar-refractivity contribution in [3.8, 4) is 5.75 Å². The van der Waals surface area contributed by atoms with E-state index >= 15 is 0 Å². The highest BCUT2D eigenvalue weighted by Crippen LogP contribution is 2.33. The fourth-order valence-electron chi connectivity index (χ4n) is 2.43. The number of nitrogens with zero attached hydrogens (tertiary/aromatic N) is 1. The number of hydrogen-bond donors (Lipinski definition) is 2. The van der Waals surface area contributed by atoms with Gasteiger partial charge in [-0.1, -0.05) is 0 Å². The lowest BCUT2D eigenvalue weighted by Crippen LogP contribution is -2.45. The van der Waals surface area contributed by atoms with E-state index in [1.165, 1.54) is 6.07 Å². The van der Waals surface area contributed by atoms with E-state index in [9.17, 15) is 18.3 Å². The number of hydrogen-bond acceptors (Lipinski definition) is 3. The van der Waals surface area contributed by atoms with E-state index < -0.39 is 24.7 Å². The van der Waals surface area contributed by atoms with E-state index in [1.807, 2.05) is 4.90 Å². The highest BCUT2D eigenvalue weighted by Gasteiger charge is 2.27. The van der Waals surface area contributed by atoms with Crippen molar-refractivity contribution in [1.82, 2.24) is 10.2 Å². The maximum Gasteiger partial charge on any atom is 0.240 e. The summed E-state index contributed by atoms with van der Waals surface area (Å²) >= 11 is 0. The third-order valence-corrected chi connectivity index (χ3v) is 3.34. The average Bonchev–Trinajstić information content (AvgIpc) is 2.40. The third-order valence-electron chi connectivity index (χ3n) is 3.34. The van der Waals surface area contributed by atoms with Crippen molar-refractivity contribution in [3.63, 3.8) is 0 Å². The van der Waals surface area contributed by atoms with Gasteiger partial charge in [-0.25, -0.2) is 13.2 Å². The predicted molar refractivity (Wildman–Crippen MR) is 65.9 cm³/mol. The molecule has 1 fully saturated rings. The first-order valence-corrected chi connectivity index (χ1v) is 6.29. The lowest BCUT2D eigenvalue weighted by Gasteiger charge is -2.35. The Morgan fingerprint density at radius 1 is 1.26 bits per heavy atom.